The second-order valence-corrected chi connectivity index (χ2v) is 4.18. The highest BCUT2D eigenvalue weighted by Crippen LogP contribution is 2.20. The van der Waals surface area contributed by atoms with Crippen LogP contribution >= 0.6 is 0 Å². The van der Waals surface area contributed by atoms with E-state index in [2.05, 4.69) is 10.1 Å². The summed E-state index contributed by atoms with van der Waals surface area (Å²) in [5.41, 5.74) is 0.705. The van der Waals surface area contributed by atoms with Gasteiger partial charge in [-0.05, 0) is 29.8 Å². The van der Waals surface area contributed by atoms with Crippen molar-refractivity contribution in [2.24, 2.45) is 0 Å². The molecule has 6 heteroatoms. The molecule has 3 nitrogen and oxygen atoms in total. The molecule has 0 aliphatic carbocycles. The third-order valence-electron chi connectivity index (χ3n) is 2.71. The van der Waals surface area contributed by atoms with Crippen molar-refractivity contribution in [2.75, 3.05) is 0 Å². The Morgan fingerprint density at radius 2 is 1.76 bits per heavy atom. The molecule has 0 fully saturated rings. The van der Waals surface area contributed by atoms with Gasteiger partial charge in [0.1, 0.15) is 11.6 Å². The van der Waals surface area contributed by atoms with Crippen LogP contribution in [0.15, 0.2) is 48.5 Å². The van der Waals surface area contributed by atoms with Gasteiger partial charge in [0, 0.05) is 6.54 Å². The Morgan fingerprint density at radius 3 is 2.43 bits per heavy atom. The predicted octanol–water partition coefficient (Wildman–Crippen LogP) is 3.36. The molecule has 2 rings (SSSR count). The maximum absolute atomic E-state index is 12.7. The van der Waals surface area contributed by atoms with E-state index < -0.39 is 12.5 Å². The summed E-state index contributed by atoms with van der Waals surface area (Å²) in [6.07, 6.45) is 0. The van der Waals surface area contributed by atoms with E-state index in [1.165, 1.54) is 42.5 Å². The van der Waals surface area contributed by atoms with Gasteiger partial charge in [-0.2, -0.15) is 8.78 Å². The van der Waals surface area contributed by atoms with Gasteiger partial charge in [0.05, 0.1) is 5.56 Å². The summed E-state index contributed by atoms with van der Waals surface area (Å²) in [6, 6.07) is 11.3. The number of carbonyl (C=O) groups is 1. The molecule has 2 aromatic rings. The molecule has 0 aliphatic rings. The zero-order chi connectivity index (χ0) is 15.2. The molecule has 1 amide bonds. The molecule has 21 heavy (non-hydrogen) atoms. The Bertz CT molecular complexity index is 615. The first-order valence-electron chi connectivity index (χ1n) is 6.13. The van der Waals surface area contributed by atoms with Gasteiger partial charge in [0.15, 0.2) is 0 Å². The lowest BCUT2D eigenvalue weighted by molar-refractivity contribution is -0.0501. The van der Waals surface area contributed by atoms with Gasteiger partial charge in [-0.15, -0.1) is 0 Å². The quantitative estimate of drug-likeness (QED) is 0.918. The Kier molecular flexibility index (Phi) is 4.81. The Balaban J connectivity index is 2.05. The number of carbonyl (C=O) groups excluding carboxylic acids is 1. The predicted molar refractivity (Wildman–Crippen MR) is 70.6 cm³/mol. The SMILES string of the molecule is O=C(NCc1ccc(F)cc1)c1ccccc1OC(F)F. The number of rotatable bonds is 5. The molecular formula is C15H12F3NO2. The number of alkyl halides is 2. The van der Waals surface area contributed by atoms with Crippen molar-refractivity contribution in [2.45, 2.75) is 13.2 Å². The van der Waals surface area contributed by atoms with Crippen molar-refractivity contribution in [3.8, 4) is 5.75 Å². The molecule has 0 radical (unpaired) electrons. The van der Waals surface area contributed by atoms with Gasteiger partial charge in [0.2, 0.25) is 0 Å². The van der Waals surface area contributed by atoms with E-state index in [4.69, 9.17) is 0 Å². The Labute approximate surface area is 119 Å². The summed E-state index contributed by atoms with van der Waals surface area (Å²) in [5.74, 6) is -1.11. The lowest BCUT2D eigenvalue weighted by Gasteiger charge is -2.10. The van der Waals surface area contributed by atoms with Crippen LogP contribution in [0.1, 0.15) is 15.9 Å². The topological polar surface area (TPSA) is 38.3 Å². The maximum atomic E-state index is 12.7. The minimum Gasteiger partial charge on any atom is -0.434 e. The van der Waals surface area contributed by atoms with E-state index in [0.29, 0.717) is 5.56 Å². The average molecular weight is 295 g/mol. The molecule has 0 heterocycles. The highest BCUT2D eigenvalue weighted by atomic mass is 19.3. The van der Waals surface area contributed by atoms with Gasteiger partial charge in [0.25, 0.3) is 5.91 Å². The maximum Gasteiger partial charge on any atom is 0.387 e. The van der Waals surface area contributed by atoms with Crippen molar-refractivity contribution in [1.29, 1.82) is 0 Å². The van der Waals surface area contributed by atoms with E-state index in [1.807, 2.05) is 0 Å². The van der Waals surface area contributed by atoms with Gasteiger partial charge in [-0.3, -0.25) is 4.79 Å². The first-order valence-corrected chi connectivity index (χ1v) is 6.13. The molecule has 0 bridgehead atoms. The zero-order valence-electron chi connectivity index (χ0n) is 10.9. The third-order valence-corrected chi connectivity index (χ3v) is 2.71. The molecule has 110 valence electrons. The van der Waals surface area contributed by atoms with Crippen molar-refractivity contribution in [3.05, 3.63) is 65.5 Å². The standard InChI is InChI=1S/C15H12F3NO2/c16-11-7-5-10(6-8-11)9-19-14(20)12-3-1-2-4-13(12)21-15(17)18/h1-8,15H,9H2,(H,19,20). The molecule has 2 aromatic carbocycles. The molecule has 0 unspecified atom stereocenters. The van der Waals surface area contributed by atoms with E-state index in [-0.39, 0.29) is 23.7 Å². The van der Waals surface area contributed by atoms with Crippen LogP contribution in [-0.4, -0.2) is 12.5 Å². The monoisotopic (exact) mass is 295 g/mol. The summed E-state index contributed by atoms with van der Waals surface area (Å²) < 4.78 is 41.6. The highest BCUT2D eigenvalue weighted by molar-refractivity contribution is 5.96. The third kappa shape index (κ3) is 4.24. The summed E-state index contributed by atoms with van der Waals surface area (Å²) in [6.45, 7) is -2.85. The normalized spacial score (nSPS) is 10.5. The van der Waals surface area contributed by atoms with Crippen LogP contribution in [0.5, 0.6) is 5.75 Å². The number of nitrogens with one attached hydrogen (secondary N) is 1. The van der Waals surface area contributed by atoms with Crippen LogP contribution in [0, 0.1) is 5.82 Å². The van der Waals surface area contributed by atoms with Crippen LogP contribution in [0.3, 0.4) is 0 Å². The van der Waals surface area contributed by atoms with Gasteiger partial charge >= 0.3 is 6.61 Å². The smallest absolute Gasteiger partial charge is 0.387 e. The van der Waals surface area contributed by atoms with Crippen LogP contribution < -0.4 is 10.1 Å². The number of para-hydroxylation sites is 1. The molecule has 1 N–H and O–H groups in total. The van der Waals surface area contributed by atoms with E-state index in [0.717, 1.165) is 0 Å². The van der Waals surface area contributed by atoms with Gasteiger partial charge < -0.3 is 10.1 Å². The van der Waals surface area contributed by atoms with Crippen LogP contribution in [0.25, 0.3) is 0 Å². The van der Waals surface area contributed by atoms with Crippen molar-refractivity contribution in [3.63, 3.8) is 0 Å². The van der Waals surface area contributed by atoms with Crippen LogP contribution in [-0.2, 0) is 6.54 Å². The summed E-state index contributed by atoms with van der Waals surface area (Å²) in [5, 5.41) is 2.56. The second-order valence-electron chi connectivity index (χ2n) is 4.18. The molecule has 0 saturated carbocycles. The van der Waals surface area contributed by atoms with Crippen LogP contribution in [0.4, 0.5) is 13.2 Å². The molecular weight excluding hydrogens is 283 g/mol. The van der Waals surface area contributed by atoms with E-state index in [1.54, 1.807) is 6.07 Å². The van der Waals surface area contributed by atoms with Crippen LogP contribution in [0.2, 0.25) is 0 Å². The summed E-state index contributed by atoms with van der Waals surface area (Å²) in [7, 11) is 0. The first-order chi connectivity index (χ1) is 10.1. The zero-order valence-corrected chi connectivity index (χ0v) is 10.9. The minimum absolute atomic E-state index is 0.0138. The van der Waals surface area contributed by atoms with Crippen molar-refractivity contribution in [1.82, 2.24) is 5.32 Å². The largest absolute Gasteiger partial charge is 0.434 e. The highest BCUT2D eigenvalue weighted by Gasteiger charge is 2.14. The van der Waals surface area contributed by atoms with Gasteiger partial charge in [-0.1, -0.05) is 24.3 Å². The Morgan fingerprint density at radius 1 is 1.10 bits per heavy atom. The molecule has 0 aromatic heterocycles. The van der Waals surface area contributed by atoms with E-state index in [9.17, 15) is 18.0 Å². The van der Waals surface area contributed by atoms with E-state index >= 15 is 0 Å². The number of ether oxygens (including phenoxy) is 1. The Hall–Kier alpha value is -2.50. The average Bonchev–Trinajstić information content (AvgIpc) is 2.46. The second kappa shape index (κ2) is 6.78. The molecule has 0 spiro atoms. The first kappa shape index (κ1) is 14.9. The lowest BCUT2D eigenvalue weighted by Crippen LogP contribution is -2.23. The lowest BCUT2D eigenvalue weighted by atomic mass is 10.1. The number of hydrogen-bond acceptors (Lipinski definition) is 2. The molecule has 0 atom stereocenters. The fourth-order valence-corrected chi connectivity index (χ4v) is 1.73. The number of benzene rings is 2. The summed E-state index contributed by atoms with van der Waals surface area (Å²) in [4.78, 5) is 12.0. The number of amides is 1. The minimum atomic E-state index is -3.00. The van der Waals surface area contributed by atoms with Gasteiger partial charge in [-0.25, -0.2) is 4.39 Å². The fraction of sp³-hybridized carbons (Fsp3) is 0.133. The van der Waals surface area contributed by atoms with Crippen molar-refractivity contribution >= 4 is 5.91 Å². The fourth-order valence-electron chi connectivity index (χ4n) is 1.73. The number of halogens is 3. The molecule has 0 aliphatic heterocycles. The molecule has 0 saturated heterocycles. The summed E-state index contributed by atoms with van der Waals surface area (Å²) >= 11 is 0. The number of hydrogen-bond donors (Lipinski definition) is 1. The van der Waals surface area contributed by atoms with Crippen molar-refractivity contribution < 1.29 is 22.7 Å².